The molecule has 0 aliphatic carbocycles. The van der Waals surface area contributed by atoms with Crippen molar-refractivity contribution in [1.82, 2.24) is 0 Å². The molecule has 2 aromatic carbocycles. The summed E-state index contributed by atoms with van der Waals surface area (Å²) in [4.78, 5) is 11.2. The first-order valence-electron chi connectivity index (χ1n) is 25.5. The Kier molecular flexibility index (Phi) is 35.8. The van der Waals surface area contributed by atoms with Crippen LogP contribution in [0.2, 0.25) is 0 Å². The van der Waals surface area contributed by atoms with Crippen LogP contribution in [0, 0.1) is 0 Å². The first-order chi connectivity index (χ1) is 28.1. The summed E-state index contributed by atoms with van der Waals surface area (Å²) in [6, 6.07) is 14.5. The maximum absolute atomic E-state index is 5.59. The van der Waals surface area contributed by atoms with Crippen LogP contribution >= 0.6 is 0 Å². The summed E-state index contributed by atoms with van der Waals surface area (Å²) in [7, 11) is 0. The van der Waals surface area contributed by atoms with Gasteiger partial charge in [0.25, 0.3) is 0 Å². The van der Waals surface area contributed by atoms with Gasteiger partial charge in [-0.25, -0.2) is 0 Å². The molecule has 0 aromatic heterocycles. The number of benzene rings is 2. The number of nitrogens with zero attached hydrogens (tertiary/aromatic N) is 2. The van der Waals surface area contributed by atoms with Crippen molar-refractivity contribution in [3.05, 3.63) is 58.7 Å². The SMILES string of the molecule is CCCCCCCCCCCCCCCCCCCCCC(=N\c1cc(CCCC)cc(CCCC)c1)/C(CCCC)=N/c1cc(CCCC)cc(CCCC)c1.[Ni]. The normalized spacial score (nSPS) is 12.0. The third kappa shape index (κ3) is 27.2. The molecule has 0 saturated carbocycles. The average Bonchev–Trinajstić information content (AvgIpc) is 3.22. The largest absolute Gasteiger partial charge is 0.252 e. The van der Waals surface area contributed by atoms with Crippen molar-refractivity contribution in [3.63, 3.8) is 0 Å². The van der Waals surface area contributed by atoms with Crippen LogP contribution in [0.3, 0.4) is 0 Å². The predicted octanol–water partition coefficient (Wildman–Crippen LogP) is 18.9. The van der Waals surface area contributed by atoms with Gasteiger partial charge in [0, 0.05) is 16.5 Å². The van der Waals surface area contributed by atoms with Crippen LogP contribution in [0.25, 0.3) is 0 Å². The van der Waals surface area contributed by atoms with E-state index in [9.17, 15) is 0 Å². The minimum Gasteiger partial charge on any atom is -0.252 e. The fraction of sp³-hybridized carbons (Fsp3) is 0.745. The molecule has 0 atom stereocenters. The zero-order valence-electron chi connectivity index (χ0n) is 39.4. The molecule has 0 N–H and O–H groups in total. The fourth-order valence-corrected chi connectivity index (χ4v) is 8.27. The van der Waals surface area contributed by atoms with Gasteiger partial charge in [-0.05, 0) is 124 Å². The van der Waals surface area contributed by atoms with Gasteiger partial charge in [-0.15, -0.1) is 0 Å². The molecule has 0 aliphatic heterocycles. The molecule has 0 spiro atoms. The summed E-state index contributed by atoms with van der Waals surface area (Å²) in [5.74, 6) is 0. The second kappa shape index (κ2) is 38.2. The fourth-order valence-electron chi connectivity index (χ4n) is 8.27. The van der Waals surface area contributed by atoms with Crippen LogP contribution in [-0.2, 0) is 42.2 Å². The van der Waals surface area contributed by atoms with Crippen molar-refractivity contribution in [2.75, 3.05) is 0 Å². The van der Waals surface area contributed by atoms with Gasteiger partial charge in [0.15, 0.2) is 0 Å². The summed E-state index contributed by atoms with van der Waals surface area (Å²) in [5, 5.41) is 0. The molecule has 3 heteroatoms. The van der Waals surface area contributed by atoms with E-state index in [1.54, 1.807) is 0 Å². The van der Waals surface area contributed by atoms with Gasteiger partial charge in [-0.1, -0.05) is 201 Å². The molecule has 2 rings (SSSR count). The van der Waals surface area contributed by atoms with E-state index in [0.29, 0.717) is 0 Å². The van der Waals surface area contributed by atoms with E-state index in [2.05, 4.69) is 77.9 Å². The molecule has 0 unspecified atom stereocenters. The van der Waals surface area contributed by atoms with E-state index in [0.717, 1.165) is 56.3 Å². The number of rotatable bonds is 38. The van der Waals surface area contributed by atoms with Gasteiger partial charge in [-0.3, -0.25) is 9.98 Å². The van der Waals surface area contributed by atoms with Crippen LogP contribution in [0.4, 0.5) is 11.4 Å². The second-order valence-corrected chi connectivity index (χ2v) is 17.8. The number of aliphatic imine (C=N–C) groups is 2. The third-order valence-electron chi connectivity index (χ3n) is 12.0. The molecule has 0 bridgehead atoms. The summed E-state index contributed by atoms with van der Waals surface area (Å²) in [5.41, 5.74) is 10.6. The Hall–Kier alpha value is -1.73. The molecule has 0 amide bonds. The smallest absolute Gasteiger partial charge is 0.0639 e. The summed E-state index contributed by atoms with van der Waals surface area (Å²) in [6.45, 7) is 13.8. The van der Waals surface area contributed by atoms with E-state index in [1.807, 2.05) is 0 Å². The Labute approximate surface area is 372 Å². The van der Waals surface area contributed by atoms with Crippen molar-refractivity contribution in [3.8, 4) is 0 Å². The van der Waals surface area contributed by atoms with Crippen molar-refractivity contribution < 1.29 is 16.5 Å². The van der Waals surface area contributed by atoms with Crippen LogP contribution in [0.5, 0.6) is 0 Å². The standard InChI is InChI=1S/C55H94N2.Ni/c1-7-13-19-20-21-22-23-24-25-26-27-28-29-30-31-32-33-34-35-41-55(57-53-46-50(38-16-10-4)43-51(47-53)39-17-11-5)54(40-18-12-6)56-52-44-48(36-14-8-2)42-49(45-52)37-15-9-3;/h42-47H,7-41H2,1-6H3;/b56-54+,57-55+;. The third-order valence-corrected chi connectivity index (χ3v) is 12.0. The summed E-state index contributed by atoms with van der Waals surface area (Å²) >= 11 is 0. The van der Waals surface area contributed by atoms with E-state index >= 15 is 0 Å². The van der Waals surface area contributed by atoms with Crippen molar-refractivity contribution in [2.24, 2.45) is 9.98 Å². The van der Waals surface area contributed by atoms with Gasteiger partial charge in [-0.2, -0.15) is 0 Å². The van der Waals surface area contributed by atoms with E-state index in [-0.39, 0.29) is 16.5 Å². The summed E-state index contributed by atoms with van der Waals surface area (Å²) in [6.07, 6.45) is 45.7. The quantitative estimate of drug-likeness (QED) is 0.0366. The first-order valence-corrected chi connectivity index (χ1v) is 25.5. The Morgan fingerprint density at radius 2 is 0.534 bits per heavy atom. The Balaban J connectivity index is 0.0000168. The topological polar surface area (TPSA) is 24.7 Å². The van der Waals surface area contributed by atoms with Gasteiger partial charge in [0.1, 0.15) is 0 Å². The number of aryl methyl sites for hydroxylation is 4. The average molecular weight is 842 g/mol. The van der Waals surface area contributed by atoms with Crippen LogP contribution in [-0.4, -0.2) is 11.4 Å². The first kappa shape index (κ1) is 54.3. The van der Waals surface area contributed by atoms with Crippen LogP contribution in [0.1, 0.15) is 263 Å². The minimum absolute atomic E-state index is 0. The van der Waals surface area contributed by atoms with E-state index < -0.39 is 0 Å². The molecular formula is C55H94N2Ni. The van der Waals surface area contributed by atoms with Crippen molar-refractivity contribution in [2.45, 2.75) is 266 Å². The molecular weight excluding hydrogens is 747 g/mol. The zero-order chi connectivity index (χ0) is 41.0. The van der Waals surface area contributed by atoms with E-state index in [1.165, 1.54) is 213 Å². The molecule has 0 fully saturated rings. The number of hydrogen-bond donors (Lipinski definition) is 0. The van der Waals surface area contributed by atoms with E-state index in [4.69, 9.17) is 9.98 Å². The maximum atomic E-state index is 5.59. The van der Waals surface area contributed by atoms with Gasteiger partial charge in [0.2, 0.25) is 0 Å². The molecule has 334 valence electrons. The molecule has 0 radical (unpaired) electrons. The predicted molar refractivity (Wildman–Crippen MR) is 259 cm³/mol. The minimum atomic E-state index is 0. The van der Waals surface area contributed by atoms with Crippen molar-refractivity contribution >= 4 is 22.8 Å². The Morgan fingerprint density at radius 3 is 0.810 bits per heavy atom. The van der Waals surface area contributed by atoms with Crippen molar-refractivity contribution in [1.29, 1.82) is 0 Å². The maximum Gasteiger partial charge on any atom is 0.0639 e. The van der Waals surface area contributed by atoms with Gasteiger partial charge < -0.3 is 0 Å². The number of unbranched alkanes of at least 4 members (excludes halogenated alkanes) is 23. The molecule has 0 saturated heterocycles. The van der Waals surface area contributed by atoms with Crippen LogP contribution in [0.15, 0.2) is 46.4 Å². The van der Waals surface area contributed by atoms with Gasteiger partial charge >= 0.3 is 0 Å². The number of hydrogen-bond acceptors (Lipinski definition) is 2. The van der Waals surface area contributed by atoms with Gasteiger partial charge in [0.05, 0.1) is 22.8 Å². The molecule has 58 heavy (non-hydrogen) atoms. The monoisotopic (exact) mass is 841 g/mol. The molecule has 2 aromatic rings. The molecule has 0 heterocycles. The Bertz CT molecular complexity index is 1260. The second-order valence-electron chi connectivity index (χ2n) is 17.8. The zero-order valence-corrected chi connectivity index (χ0v) is 40.4. The summed E-state index contributed by atoms with van der Waals surface area (Å²) < 4.78 is 0. The molecule has 2 nitrogen and oxygen atoms in total. The van der Waals surface area contributed by atoms with Crippen LogP contribution < -0.4 is 0 Å². The molecule has 0 aliphatic rings. The Morgan fingerprint density at radius 1 is 0.293 bits per heavy atom.